The Labute approximate surface area is 498 Å². The molecule has 2 heterocycles. The highest BCUT2D eigenvalue weighted by Gasteiger charge is 2.51. The molecule has 9 N–H and O–H groups in total. The standard InChI is InChI=1S/C68H123NO13/c1-3-5-7-9-11-13-15-17-19-21-23-25-27-28-30-32-34-36-38-40-42-44-46-48-50-52-60(73)69-56(55-79-67-65(78)63(76)66(59(54-71)81-67)82-68-64(77)62(75)61(74)58(53-70)80-68)57(72)51-49-47-45-43-41-39-37-35-33-31-29-26-24-22-20-18-16-14-12-10-8-6-4-2/h5,7,11,13,17,19,23,25,49,51,56-59,61-68,70-72,74-78H,3-4,6,8-10,12,14-16,18,20-22,24,26-48,50,52-55H2,1-2H3,(H,69,73)/b7-5-,13-11-,19-17-,25-23-,51-49+. The molecule has 12 atom stereocenters. The van der Waals surface area contributed by atoms with Gasteiger partial charge in [-0.05, 0) is 57.8 Å². The summed E-state index contributed by atoms with van der Waals surface area (Å²) < 4.78 is 22.8. The number of aliphatic hydroxyl groups is 8. The molecule has 14 nitrogen and oxygen atoms in total. The van der Waals surface area contributed by atoms with Gasteiger partial charge < -0.3 is 65.1 Å². The average molecular weight is 1160 g/mol. The molecule has 0 radical (unpaired) electrons. The van der Waals surface area contributed by atoms with E-state index in [1.165, 1.54) is 173 Å². The Hall–Kier alpha value is -2.31. The van der Waals surface area contributed by atoms with Gasteiger partial charge in [0.25, 0.3) is 0 Å². The zero-order valence-electron chi connectivity index (χ0n) is 51.7. The fourth-order valence-corrected chi connectivity index (χ4v) is 10.9. The maximum Gasteiger partial charge on any atom is 0.220 e. The quantitative estimate of drug-likeness (QED) is 0.0204. The van der Waals surface area contributed by atoms with Gasteiger partial charge in [0, 0.05) is 6.42 Å². The first-order chi connectivity index (χ1) is 40.1. The van der Waals surface area contributed by atoms with Crippen LogP contribution in [0.15, 0.2) is 60.8 Å². The lowest BCUT2D eigenvalue weighted by atomic mass is 9.97. The van der Waals surface area contributed by atoms with Crippen molar-refractivity contribution in [2.75, 3.05) is 19.8 Å². The zero-order valence-corrected chi connectivity index (χ0v) is 51.7. The number of amides is 1. The molecule has 2 aliphatic rings. The molecule has 0 aromatic carbocycles. The molecule has 0 spiro atoms. The van der Waals surface area contributed by atoms with Crippen LogP contribution in [0.3, 0.4) is 0 Å². The van der Waals surface area contributed by atoms with Crippen molar-refractivity contribution in [3.8, 4) is 0 Å². The molecule has 0 aromatic rings. The van der Waals surface area contributed by atoms with Gasteiger partial charge in [0.15, 0.2) is 12.6 Å². The van der Waals surface area contributed by atoms with Crippen LogP contribution in [0.1, 0.15) is 271 Å². The van der Waals surface area contributed by atoms with Gasteiger partial charge in [0.2, 0.25) is 5.91 Å². The molecule has 0 aliphatic carbocycles. The highest BCUT2D eigenvalue weighted by molar-refractivity contribution is 5.76. The number of hydrogen-bond acceptors (Lipinski definition) is 13. The van der Waals surface area contributed by atoms with Crippen molar-refractivity contribution in [1.29, 1.82) is 0 Å². The second kappa shape index (κ2) is 53.0. The SMILES string of the molecule is CC/C=C\C/C=C\C/C=C\C/C=C\CCCCCCCCCCCCCCC(=O)NC(COC1OC(CO)C(OC2OC(CO)C(O)C(O)C2O)C(O)C1O)C(O)/C=C/CCCCCCCCCCCCCCCCCCCCCCC. The van der Waals surface area contributed by atoms with Crippen LogP contribution in [0.4, 0.5) is 0 Å². The van der Waals surface area contributed by atoms with Gasteiger partial charge in [-0.2, -0.15) is 0 Å². The summed E-state index contributed by atoms with van der Waals surface area (Å²) in [6.07, 6.45) is 52.6. The number of carbonyl (C=O) groups is 1. The van der Waals surface area contributed by atoms with Crippen LogP contribution in [0.25, 0.3) is 0 Å². The summed E-state index contributed by atoms with van der Waals surface area (Å²) in [6.45, 7) is 2.71. The highest BCUT2D eigenvalue weighted by atomic mass is 16.7. The number of ether oxygens (including phenoxy) is 4. The Morgan fingerprint density at radius 2 is 0.841 bits per heavy atom. The number of nitrogens with one attached hydrogen (secondary N) is 1. The first kappa shape index (κ1) is 75.8. The van der Waals surface area contributed by atoms with Crippen molar-refractivity contribution in [1.82, 2.24) is 5.32 Å². The second-order valence-corrected chi connectivity index (χ2v) is 23.6. The van der Waals surface area contributed by atoms with Crippen LogP contribution >= 0.6 is 0 Å². The molecule has 1 amide bonds. The fourth-order valence-electron chi connectivity index (χ4n) is 10.9. The Morgan fingerprint density at radius 1 is 0.451 bits per heavy atom. The molecule has 14 heteroatoms. The predicted molar refractivity (Wildman–Crippen MR) is 332 cm³/mol. The van der Waals surface area contributed by atoms with Crippen molar-refractivity contribution in [3.63, 3.8) is 0 Å². The Bertz CT molecular complexity index is 1610. The summed E-state index contributed by atoms with van der Waals surface area (Å²) in [5.74, 6) is -0.241. The maximum absolute atomic E-state index is 13.3. The molecule has 478 valence electrons. The van der Waals surface area contributed by atoms with Crippen molar-refractivity contribution in [3.05, 3.63) is 60.8 Å². The number of carbonyl (C=O) groups excluding carboxylic acids is 1. The van der Waals surface area contributed by atoms with E-state index in [0.717, 1.165) is 70.6 Å². The number of unbranched alkanes of at least 4 members (excludes halogenated alkanes) is 33. The van der Waals surface area contributed by atoms with E-state index < -0.39 is 86.8 Å². The number of rotatable bonds is 54. The van der Waals surface area contributed by atoms with Gasteiger partial charge in [-0.3, -0.25) is 4.79 Å². The summed E-state index contributed by atoms with van der Waals surface area (Å²) >= 11 is 0. The van der Waals surface area contributed by atoms with Gasteiger partial charge in [-0.1, -0.05) is 267 Å². The van der Waals surface area contributed by atoms with Crippen LogP contribution in [0.2, 0.25) is 0 Å². The van der Waals surface area contributed by atoms with Gasteiger partial charge in [0.05, 0.1) is 32.0 Å². The molecule has 0 bridgehead atoms. The molecule has 2 fully saturated rings. The molecule has 2 rings (SSSR count). The van der Waals surface area contributed by atoms with Crippen LogP contribution in [0, 0.1) is 0 Å². The third kappa shape index (κ3) is 37.3. The average Bonchev–Trinajstić information content (AvgIpc) is 3.56. The lowest BCUT2D eigenvalue weighted by Gasteiger charge is -2.46. The first-order valence-electron chi connectivity index (χ1n) is 33.5. The van der Waals surface area contributed by atoms with Gasteiger partial charge in [-0.15, -0.1) is 0 Å². The summed E-state index contributed by atoms with van der Waals surface area (Å²) in [5.41, 5.74) is 0. The number of allylic oxidation sites excluding steroid dienone is 9. The predicted octanol–water partition coefficient (Wildman–Crippen LogP) is 12.9. The van der Waals surface area contributed by atoms with E-state index in [4.69, 9.17) is 18.9 Å². The van der Waals surface area contributed by atoms with E-state index in [1.807, 2.05) is 6.08 Å². The zero-order chi connectivity index (χ0) is 59.5. The van der Waals surface area contributed by atoms with Crippen molar-refractivity contribution in [2.24, 2.45) is 0 Å². The fraction of sp³-hybridized carbons (Fsp3) is 0.838. The van der Waals surface area contributed by atoms with Crippen LogP contribution < -0.4 is 5.32 Å². The van der Waals surface area contributed by atoms with Gasteiger partial charge in [0.1, 0.15) is 48.8 Å². The molecule has 0 aromatic heterocycles. The maximum atomic E-state index is 13.3. The van der Waals surface area contributed by atoms with Crippen molar-refractivity contribution >= 4 is 5.91 Å². The number of aliphatic hydroxyl groups excluding tert-OH is 8. The third-order valence-corrected chi connectivity index (χ3v) is 16.2. The van der Waals surface area contributed by atoms with Crippen LogP contribution in [-0.2, 0) is 23.7 Å². The van der Waals surface area contributed by atoms with E-state index in [0.29, 0.717) is 6.42 Å². The lowest BCUT2D eigenvalue weighted by Crippen LogP contribution is -2.65. The Kier molecular flexibility index (Phi) is 49.0. The minimum atomic E-state index is -1.79. The second-order valence-electron chi connectivity index (χ2n) is 23.6. The monoisotopic (exact) mass is 1160 g/mol. The molecule has 82 heavy (non-hydrogen) atoms. The van der Waals surface area contributed by atoms with Gasteiger partial charge >= 0.3 is 0 Å². The molecule has 12 unspecified atom stereocenters. The smallest absolute Gasteiger partial charge is 0.220 e. The summed E-state index contributed by atoms with van der Waals surface area (Å²) in [6, 6.07) is -0.919. The Morgan fingerprint density at radius 3 is 1.29 bits per heavy atom. The largest absolute Gasteiger partial charge is 0.394 e. The highest BCUT2D eigenvalue weighted by Crippen LogP contribution is 2.30. The summed E-state index contributed by atoms with van der Waals surface area (Å²) in [7, 11) is 0. The summed E-state index contributed by atoms with van der Waals surface area (Å²) in [5, 5.41) is 87.4. The minimum absolute atomic E-state index is 0.241. The first-order valence-corrected chi connectivity index (χ1v) is 33.5. The summed E-state index contributed by atoms with van der Waals surface area (Å²) in [4.78, 5) is 13.3. The topological polar surface area (TPSA) is 228 Å². The lowest BCUT2D eigenvalue weighted by molar-refractivity contribution is -0.359. The van der Waals surface area contributed by atoms with Gasteiger partial charge in [-0.25, -0.2) is 0 Å². The van der Waals surface area contributed by atoms with E-state index in [9.17, 15) is 45.6 Å². The molecule has 2 aliphatic heterocycles. The Balaban J connectivity index is 1.71. The van der Waals surface area contributed by atoms with E-state index in [1.54, 1.807) is 6.08 Å². The van der Waals surface area contributed by atoms with E-state index in [-0.39, 0.29) is 18.9 Å². The number of hydrogen-bond donors (Lipinski definition) is 9. The minimum Gasteiger partial charge on any atom is -0.394 e. The molecule has 2 saturated heterocycles. The van der Waals surface area contributed by atoms with Crippen molar-refractivity contribution in [2.45, 2.75) is 344 Å². The van der Waals surface area contributed by atoms with Crippen molar-refractivity contribution < 1.29 is 64.6 Å². The van der Waals surface area contributed by atoms with Crippen LogP contribution in [0.5, 0.6) is 0 Å². The molecular formula is C68H123NO13. The molecular weight excluding hydrogens is 1040 g/mol. The van der Waals surface area contributed by atoms with E-state index in [2.05, 4.69) is 67.8 Å². The third-order valence-electron chi connectivity index (χ3n) is 16.2. The molecule has 0 saturated carbocycles. The van der Waals surface area contributed by atoms with E-state index >= 15 is 0 Å². The van der Waals surface area contributed by atoms with Crippen LogP contribution in [-0.4, -0.2) is 140 Å². The normalized spacial score (nSPS) is 24.3.